The summed E-state index contributed by atoms with van der Waals surface area (Å²) in [6.45, 7) is 6.59. The van der Waals surface area contributed by atoms with Crippen LogP contribution in [-0.4, -0.2) is 53.0 Å². The number of H-pyrrole nitrogens is 1. The maximum Gasteiger partial charge on any atom is 0.410 e. The van der Waals surface area contributed by atoms with E-state index in [9.17, 15) is 9.59 Å². The molecule has 1 aliphatic heterocycles. The highest BCUT2D eigenvalue weighted by Crippen LogP contribution is 2.28. The molecule has 0 bridgehead atoms. The number of nitrogens with zero attached hydrogens (tertiary/aromatic N) is 2. The molecule has 1 aliphatic rings. The van der Waals surface area contributed by atoms with E-state index in [1.54, 1.807) is 17.0 Å². The molecule has 0 saturated heterocycles. The molecule has 0 fully saturated rings. The Morgan fingerprint density at radius 3 is 2.65 bits per heavy atom. The van der Waals surface area contributed by atoms with Crippen molar-refractivity contribution in [3.8, 4) is 0 Å². The number of fused-ring (bicyclic) bond motifs is 1. The lowest BCUT2D eigenvalue weighted by molar-refractivity contribution is 0.0270. The Morgan fingerprint density at radius 1 is 1.27 bits per heavy atom. The number of carbonyl (C=O) groups excluding carboxylic acids is 2. The second-order valence-corrected chi connectivity index (χ2v) is 7.23. The number of benzene rings is 1. The molecule has 0 unspecified atom stereocenters. The predicted molar refractivity (Wildman–Crippen MR) is 97.8 cm³/mol. The van der Waals surface area contributed by atoms with Gasteiger partial charge in [0.05, 0.1) is 23.9 Å². The third kappa shape index (κ3) is 3.71. The largest absolute Gasteiger partial charge is 0.465 e. The molecule has 1 amide bonds. The standard InChI is InChI=1S/C19H23N3O4/c1-19(2,3)26-18(24)22-9-7-12(8-10-22)16-14-11-13(17(23)25-4)5-6-15(14)20-21-16/h5-7,11H,8-10H2,1-4H3,(H,20,21). The Balaban J connectivity index is 1.82. The van der Waals surface area contributed by atoms with Crippen LogP contribution >= 0.6 is 0 Å². The van der Waals surface area contributed by atoms with Crippen molar-refractivity contribution in [1.82, 2.24) is 15.1 Å². The Morgan fingerprint density at radius 2 is 2.04 bits per heavy atom. The minimum absolute atomic E-state index is 0.312. The fraction of sp³-hybridized carbons (Fsp3) is 0.421. The van der Waals surface area contributed by atoms with Crippen LogP contribution in [-0.2, 0) is 9.47 Å². The number of carbonyl (C=O) groups is 2. The third-order valence-corrected chi connectivity index (χ3v) is 4.15. The molecular weight excluding hydrogens is 334 g/mol. The van der Waals surface area contributed by atoms with Gasteiger partial charge in [-0.1, -0.05) is 6.08 Å². The van der Waals surface area contributed by atoms with Gasteiger partial charge in [-0.3, -0.25) is 5.10 Å². The van der Waals surface area contributed by atoms with Crippen molar-refractivity contribution in [3.63, 3.8) is 0 Å². The van der Waals surface area contributed by atoms with Gasteiger partial charge in [0.1, 0.15) is 5.60 Å². The molecule has 7 nitrogen and oxygen atoms in total. The van der Waals surface area contributed by atoms with E-state index in [1.807, 2.05) is 32.9 Å². The molecule has 2 aromatic rings. The quantitative estimate of drug-likeness (QED) is 0.833. The van der Waals surface area contributed by atoms with E-state index < -0.39 is 5.60 Å². The van der Waals surface area contributed by atoms with Crippen LogP contribution in [0.3, 0.4) is 0 Å². The first-order chi connectivity index (χ1) is 12.3. The van der Waals surface area contributed by atoms with Gasteiger partial charge in [-0.05, 0) is 51.0 Å². The van der Waals surface area contributed by atoms with Crippen LogP contribution in [0, 0.1) is 0 Å². The normalized spacial score (nSPS) is 14.9. The predicted octanol–water partition coefficient (Wildman–Crippen LogP) is 3.37. The van der Waals surface area contributed by atoms with Crippen molar-refractivity contribution >= 4 is 28.5 Å². The van der Waals surface area contributed by atoms with Gasteiger partial charge in [0.2, 0.25) is 0 Å². The Kier molecular flexibility index (Phi) is 4.71. The number of hydrogen-bond acceptors (Lipinski definition) is 5. The van der Waals surface area contributed by atoms with Crippen LogP contribution in [0.1, 0.15) is 43.2 Å². The minimum atomic E-state index is -0.510. The molecule has 0 saturated carbocycles. The number of amides is 1. The lowest BCUT2D eigenvalue weighted by atomic mass is 10.0. The molecule has 0 radical (unpaired) electrons. The smallest absolute Gasteiger partial charge is 0.410 e. The molecule has 0 atom stereocenters. The lowest BCUT2D eigenvalue weighted by Gasteiger charge is -2.29. The first-order valence-corrected chi connectivity index (χ1v) is 8.52. The van der Waals surface area contributed by atoms with Crippen LogP contribution in [0.5, 0.6) is 0 Å². The summed E-state index contributed by atoms with van der Waals surface area (Å²) in [4.78, 5) is 25.6. The second-order valence-electron chi connectivity index (χ2n) is 7.23. The first-order valence-electron chi connectivity index (χ1n) is 8.52. The summed E-state index contributed by atoms with van der Waals surface area (Å²) in [6, 6.07) is 5.30. The molecule has 138 valence electrons. The highest BCUT2D eigenvalue weighted by Gasteiger charge is 2.25. The Hall–Kier alpha value is -2.83. The summed E-state index contributed by atoms with van der Waals surface area (Å²) >= 11 is 0. The molecule has 2 heterocycles. The average molecular weight is 357 g/mol. The summed E-state index contributed by atoms with van der Waals surface area (Å²) in [5, 5.41) is 8.25. The van der Waals surface area contributed by atoms with Crippen LogP contribution < -0.4 is 0 Å². The zero-order chi connectivity index (χ0) is 18.9. The van der Waals surface area contributed by atoms with Crippen LogP contribution in [0.2, 0.25) is 0 Å². The number of ether oxygens (including phenoxy) is 2. The number of nitrogens with one attached hydrogen (secondary N) is 1. The molecular formula is C19H23N3O4. The number of aromatic amines is 1. The third-order valence-electron chi connectivity index (χ3n) is 4.15. The van der Waals surface area contributed by atoms with Gasteiger partial charge in [0, 0.05) is 18.5 Å². The molecule has 3 rings (SSSR count). The van der Waals surface area contributed by atoms with Crippen molar-refractivity contribution in [3.05, 3.63) is 35.5 Å². The van der Waals surface area contributed by atoms with E-state index in [1.165, 1.54) is 7.11 Å². The average Bonchev–Trinajstić information content (AvgIpc) is 3.02. The summed E-state index contributed by atoms with van der Waals surface area (Å²) in [5.74, 6) is -0.382. The van der Waals surface area contributed by atoms with Crippen molar-refractivity contribution in [2.24, 2.45) is 0 Å². The van der Waals surface area contributed by atoms with E-state index in [-0.39, 0.29) is 12.1 Å². The minimum Gasteiger partial charge on any atom is -0.465 e. The molecule has 26 heavy (non-hydrogen) atoms. The van der Waals surface area contributed by atoms with Crippen molar-refractivity contribution in [2.45, 2.75) is 32.8 Å². The Bertz CT molecular complexity index is 877. The maximum atomic E-state index is 12.2. The van der Waals surface area contributed by atoms with Gasteiger partial charge < -0.3 is 14.4 Å². The van der Waals surface area contributed by atoms with Gasteiger partial charge >= 0.3 is 12.1 Å². The molecule has 1 aromatic heterocycles. The zero-order valence-corrected chi connectivity index (χ0v) is 15.5. The molecule has 1 aromatic carbocycles. The lowest BCUT2D eigenvalue weighted by Crippen LogP contribution is -2.39. The van der Waals surface area contributed by atoms with Crippen molar-refractivity contribution in [2.75, 3.05) is 20.2 Å². The second kappa shape index (κ2) is 6.82. The highest BCUT2D eigenvalue weighted by atomic mass is 16.6. The molecule has 0 aliphatic carbocycles. The molecule has 1 N–H and O–H groups in total. The number of hydrogen-bond donors (Lipinski definition) is 1. The van der Waals surface area contributed by atoms with Crippen molar-refractivity contribution in [1.29, 1.82) is 0 Å². The van der Waals surface area contributed by atoms with Gasteiger partial charge in [-0.2, -0.15) is 5.10 Å². The summed E-state index contributed by atoms with van der Waals surface area (Å²) in [5.41, 5.74) is 2.66. The van der Waals surface area contributed by atoms with E-state index in [4.69, 9.17) is 9.47 Å². The molecule has 7 heteroatoms. The van der Waals surface area contributed by atoms with E-state index in [0.717, 1.165) is 22.2 Å². The highest BCUT2D eigenvalue weighted by molar-refractivity contribution is 5.98. The summed E-state index contributed by atoms with van der Waals surface area (Å²) < 4.78 is 10.2. The van der Waals surface area contributed by atoms with Crippen LogP contribution in [0.25, 0.3) is 16.5 Å². The monoisotopic (exact) mass is 357 g/mol. The summed E-state index contributed by atoms with van der Waals surface area (Å²) in [7, 11) is 1.36. The van der Waals surface area contributed by atoms with Gasteiger partial charge in [-0.25, -0.2) is 9.59 Å². The molecule has 0 spiro atoms. The fourth-order valence-electron chi connectivity index (χ4n) is 2.88. The van der Waals surface area contributed by atoms with Crippen LogP contribution in [0.15, 0.2) is 24.3 Å². The summed E-state index contributed by atoms with van der Waals surface area (Å²) in [6.07, 6.45) is 2.34. The van der Waals surface area contributed by atoms with E-state index in [2.05, 4.69) is 10.2 Å². The number of rotatable bonds is 2. The number of methoxy groups -OCH3 is 1. The topological polar surface area (TPSA) is 84.5 Å². The Labute approximate surface area is 152 Å². The fourth-order valence-corrected chi connectivity index (χ4v) is 2.88. The number of aromatic nitrogens is 2. The zero-order valence-electron chi connectivity index (χ0n) is 15.5. The van der Waals surface area contributed by atoms with Crippen molar-refractivity contribution < 1.29 is 19.1 Å². The SMILES string of the molecule is COC(=O)c1ccc2[nH]nc(C3=CCN(C(=O)OC(C)(C)C)CC3)c2c1. The van der Waals surface area contributed by atoms with E-state index >= 15 is 0 Å². The van der Waals surface area contributed by atoms with Gasteiger partial charge in [0.15, 0.2) is 0 Å². The van der Waals surface area contributed by atoms with E-state index in [0.29, 0.717) is 25.1 Å². The van der Waals surface area contributed by atoms with Gasteiger partial charge in [-0.15, -0.1) is 0 Å². The first kappa shape index (κ1) is 18.0. The number of esters is 1. The van der Waals surface area contributed by atoms with Crippen LogP contribution in [0.4, 0.5) is 4.79 Å². The van der Waals surface area contributed by atoms with Gasteiger partial charge in [0.25, 0.3) is 0 Å². The maximum absolute atomic E-state index is 12.2.